The fraction of sp³-hybridized carbons (Fsp3) is 0.750. The van der Waals surface area contributed by atoms with Crippen LogP contribution < -0.4 is 0 Å². The van der Waals surface area contributed by atoms with E-state index in [2.05, 4.69) is 13.8 Å². The highest BCUT2D eigenvalue weighted by atomic mass is 16.6. The maximum atomic E-state index is 11.2. The number of rotatable bonds is 23. The van der Waals surface area contributed by atoms with Gasteiger partial charge < -0.3 is 0 Å². The predicted molar refractivity (Wildman–Crippen MR) is 157 cm³/mol. The van der Waals surface area contributed by atoms with Gasteiger partial charge in [-0.15, -0.1) is 0 Å². The van der Waals surface area contributed by atoms with Crippen LogP contribution in [0.1, 0.15) is 154 Å². The largest absolute Gasteiger partial charge is 0.271 e. The number of aromatic nitrogens is 2. The molecule has 0 saturated heterocycles. The van der Waals surface area contributed by atoms with Crippen LogP contribution >= 0.6 is 0 Å². The lowest BCUT2D eigenvalue weighted by Crippen LogP contribution is -2.04. The van der Waals surface area contributed by atoms with E-state index in [0.29, 0.717) is 5.52 Å². The number of nitro groups is 1. The quantitative estimate of drug-likeness (QED) is 0.0845. The third-order valence-corrected chi connectivity index (χ3v) is 7.55. The second-order valence-electron chi connectivity index (χ2n) is 10.9. The Balaban J connectivity index is 1.81. The Hall–Kier alpha value is -2.04. The average molecular weight is 512 g/mol. The molecular formula is C32H53N3O2. The number of hydrogen-bond acceptors (Lipinski definition) is 4. The number of non-ortho nitro benzene ring substituents is 1. The first-order valence-corrected chi connectivity index (χ1v) is 15.6. The van der Waals surface area contributed by atoms with E-state index in [4.69, 9.17) is 9.97 Å². The summed E-state index contributed by atoms with van der Waals surface area (Å²) in [7, 11) is 0. The van der Waals surface area contributed by atoms with Gasteiger partial charge in [-0.3, -0.25) is 10.1 Å². The molecule has 0 saturated carbocycles. The highest BCUT2D eigenvalue weighted by Gasteiger charge is 2.13. The van der Waals surface area contributed by atoms with Crippen molar-refractivity contribution in [2.75, 3.05) is 0 Å². The van der Waals surface area contributed by atoms with Crippen molar-refractivity contribution < 1.29 is 4.92 Å². The van der Waals surface area contributed by atoms with Crippen LogP contribution in [0.5, 0.6) is 0 Å². The fourth-order valence-corrected chi connectivity index (χ4v) is 5.19. The maximum absolute atomic E-state index is 11.2. The van der Waals surface area contributed by atoms with Gasteiger partial charge in [-0.1, -0.05) is 129 Å². The molecule has 0 fully saturated rings. The first kappa shape index (κ1) is 31.2. The molecule has 1 aromatic heterocycles. The Kier molecular flexibility index (Phi) is 16.8. The zero-order chi connectivity index (χ0) is 26.6. The summed E-state index contributed by atoms with van der Waals surface area (Å²) in [6, 6.07) is 4.88. The number of unbranched alkanes of at least 4 members (excludes halogenated alkanes) is 18. The van der Waals surface area contributed by atoms with E-state index in [1.165, 1.54) is 116 Å². The fourth-order valence-electron chi connectivity index (χ4n) is 5.19. The minimum absolute atomic E-state index is 0.0918. The van der Waals surface area contributed by atoms with Gasteiger partial charge >= 0.3 is 0 Å². The van der Waals surface area contributed by atoms with E-state index in [1.807, 2.05) is 0 Å². The van der Waals surface area contributed by atoms with Crippen LogP contribution in [-0.2, 0) is 12.8 Å². The number of fused-ring (bicyclic) bond motifs is 1. The van der Waals surface area contributed by atoms with Crippen molar-refractivity contribution in [1.82, 2.24) is 9.97 Å². The van der Waals surface area contributed by atoms with Crippen LogP contribution in [0.15, 0.2) is 18.2 Å². The summed E-state index contributed by atoms with van der Waals surface area (Å²) in [6.45, 7) is 4.54. The molecule has 0 aliphatic carbocycles. The van der Waals surface area contributed by atoms with Crippen molar-refractivity contribution in [3.63, 3.8) is 0 Å². The molecule has 5 nitrogen and oxygen atoms in total. The molecule has 2 rings (SSSR count). The molecule has 0 N–H and O–H groups in total. The molecule has 0 atom stereocenters. The Morgan fingerprint density at radius 1 is 0.568 bits per heavy atom. The van der Waals surface area contributed by atoms with Crippen LogP contribution in [0, 0.1) is 10.1 Å². The minimum Gasteiger partial charge on any atom is -0.258 e. The molecule has 0 amide bonds. The van der Waals surface area contributed by atoms with Gasteiger partial charge in [0.1, 0.15) is 0 Å². The van der Waals surface area contributed by atoms with Crippen molar-refractivity contribution >= 4 is 16.7 Å². The predicted octanol–water partition coefficient (Wildman–Crippen LogP) is 10.5. The SMILES string of the molecule is CCCCCCCCCCCCc1nc2ccc([N+](=O)[O-])cc2nc1CCCCCCCCCCCC. The standard InChI is InChI=1S/C32H53N3O2/c1-3-5-7-9-11-13-15-17-19-21-23-29-30(24-22-20-18-16-14-12-10-8-6-4-2)34-32-27-28(35(36)37)25-26-31(32)33-29/h25-27H,3-24H2,1-2H3. The van der Waals surface area contributed by atoms with Crippen molar-refractivity contribution in [3.05, 3.63) is 39.7 Å². The molecule has 1 aromatic carbocycles. The maximum Gasteiger partial charge on any atom is 0.271 e. The van der Waals surface area contributed by atoms with Crippen LogP contribution in [0.4, 0.5) is 5.69 Å². The molecule has 208 valence electrons. The summed E-state index contributed by atoms with van der Waals surface area (Å²) in [5.41, 5.74) is 3.69. The lowest BCUT2D eigenvalue weighted by Gasteiger charge is -2.10. The van der Waals surface area contributed by atoms with Crippen LogP contribution in [0.3, 0.4) is 0 Å². The number of aryl methyl sites for hydroxylation is 2. The molecule has 1 heterocycles. The smallest absolute Gasteiger partial charge is 0.258 e. The van der Waals surface area contributed by atoms with Crippen molar-refractivity contribution in [1.29, 1.82) is 0 Å². The summed E-state index contributed by atoms with van der Waals surface area (Å²) in [5.74, 6) is 0. The molecule has 0 aliphatic heterocycles. The number of nitrogens with zero attached hydrogens (tertiary/aromatic N) is 3. The highest BCUT2D eigenvalue weighted by molar-refractivity contribution is 5.77. The second-order valence-corrected chi connectivity index (χ2v) is 10.9. The zero-order valence-corrected chi connectivity index (χ0v) is 23.9. The third kappa shape index (κ3) is 13.4. The normalized spacial score (nSPS) is 11.4. The third-order valence-electron chi connectivity index (χ3n) is 7.55. The molecule has 37 heavy (non-hydrogen) atoms. The number of hydrogen-bond donors (Lipinski definition) is 0. The van der Waals surface area contributed by atoms with Gasteiger partial charge in [0.05, 0.1) is 27.3 Å². The summed E-state index contributed by atoms with van der Waals surface area (Å²) in [5, 5.41) is 11.2. The first-order valence-electron chi connectivity index (χ1n) is 15.6. The van der Waals surface area contributed by atoms with Gasteiger partial charge in [0.2, 0.25) is 0 Å². The highest BCUT2D eigenvalue weighted by Crippen LogP contribution is 2.22. The summed E-state index contributed by atoms with van der Waals surface area (Å²) in [6.07, 6.45) is 28.3. The van der Waals surface area contributed by atoms with Crippen LogP contribution in [0.2, 0.25) is 0 Å². The topological polar surface area (TPSA) is 68.9 Å². The molecule has 0 bridgehead atoms. The molecule has 2 aromatic rings. The van der Waals surface area contributed by atoms with E-state index < -0.39 is 0 Å². The van der Waals surface area contributed by atoms with Crippen LogP contribution in [-0.4, -0.2) is 14.9 Å². The van der Waals surface area contributed by atoms with E-state index in [-0.39, 0.29) is 10.6 Å². The van der Waals surface area contributed by atoms with Gasteiger partial charge in [-0.25, -0.2) is 9.97 Å². The van der Waals surface area contributed by atoms with Crippen molar-refractivity contribution in [3.8, 4) is 0 Å². The minimum atomic E-state index is -0.346. The number of benzene rings is 1. The summed E-state index contributed by atoms with van der Waals surface area (Å²) in [4.78, 5) is 20.7. The Morgan fingerprint density at radius 2 is 0.946 bits per heavy atom. The number of nitro benzene ring substituents is 1. The Labute approximate surface area is 226 Å². The molecule has 0 unspecified atom stereocenters. The molecule has 5 heteroatoms. The lowest BCUT2D eigenvalue weighted by molar-refractivity contribution is -0.384. The van der Waals surface area contributed by atoms with Gasteiger partial charge in [-0.2, -0.15) is 0 Å². The molecule has 0 aliphatic rings. The zero-order valence-electron chi connectivity index (χ0n) is 23.9. The van der Waals surface area contributed by atoms with Crippen molar-refractivity contribution in [2.45, 2.75) is 155 Å². The van der Waals surface area contributed by atoms with Gasteiger partial charge in [0.25, 0.3) is 5.69 Å². The van der Waals surface area contributed by atoms with E-state index >= 15 is 0 Å². The molecule has 0 spiro atoms. The Bertz CT molecular complexity index is 884. The van der Waals surface area contributed by atoms with Gasteiger partial charge in [0.15, 0.2) is 0 Å². The summed E-state index contributed by atoms with van der Waals surface area (Å²) >= 11 is 0. The Morgan fingerprint density at radius 3 is 1.35 bits per heavy atom. The average Bonchev–Trinajstić information content (AvgIpc) is 2.90. The summed E-state index contributed by atoms with van der Waals surface area (Å²) < 4.78 is 0. The second kappa shape index (κ2) is 20.0. The van der Waals surface area contributed by atoms with E-state index in [0.717, 1.165) is 42.6 Å². The van der Waals surface area contributed by atoms with Gasteiger partial charge in [-0.05, 0) is 31.7 Å². The van der Waals surface area contributed by atoms with Crippen LogP contribution in [0.25, 0.3) is 11.0 Å². The first-order chi connectivity index (χ1) is 18.2. The van der Waals surface area contributed by atoms with E-state index in [9.17, 15) is 10.1 Å². The lowest BCUT2D eigenvalue weighted by atomic mass is 10.0. The van der Waals surface area contributed by atoms with Crippen molar-refractivity contribution in [2.24, 2.45) is 0 Å². The van der Waals surface area contributed by atoms with Gasteiger partial charge in [0, 0.05) is 12.1 Å². The molecular weight excluding hydrogens is 458 g/mol. The monoisotopic (exact) mass is 511 g/mol. The van der Waals surface area contributed by atoms with E-state index in [1.54, 1.807) is 18.2 Å². The molecule has 0 radical (unpaired) electrons.